The summed E-state index contributed by atoms with van der Waals surface area (Å²) in [6.07, 6.45) is 11.6. The molecule has 0 bridgehead atoms. The van der Waals surface area contributed by atoms with E-state index >= 15 is 0 Å². The van der Waals surface area contributed by atoms with E-state index in [1.165, 1.54) is 74.6 Å². The highest BCUT2D eigenvalue weighted by atomic mass is 32.2. The topological polar surface area (TPSA) is 67.9 Å². The summed E-state index contributed by atoms with van der Waals surface area (Å²) >= 11 is 0. The molecule has 206 valence electrons. The Hall–Kier alpha value is -2.09. The van der Waals surface area contributed by atoms with Crippen LogP contribution in [-0.2, 0) is 29.1 Å². The molecule has 37 heavy (non-hydrogen) atoms. The van der Waals surface area contributed by atoms with E-state index in [0.717, 1.165) is 43.9 Å². The van der Waals surface area contributed by atoms with Crippen molar-refractivity contribution in [3.05, 3.63) is 53.1 Å². The van der Waals surface area contributed by atoms with Crippen molar-refractivity contribution < 1.29 is 17.9 Å². The molecular weight excluding hydrogens is 484 g/mol. The van der Waals surface area contributed by atoms with Gasteiger partial charge >= 0.3 is 0 Å². The third-order valence-corrected chi connectivity index (χ3v) is 8.58. The molecule has 2 aromatic carbocycles. The van der Waals surface area contributed by atoms with Gasteiger partial charge in [0.25, 0.3) is 0 Å². The molecule has 3 rings (SSSR count). The Morgan fingerprint density at radius 1 is 0.946 bits per heavy atom. The molecule has 0 spiro atoms. The van der Waals surface area contributed by atoms with Gasteiger partial charge < -0.3 is 19.7 Å². The maximum absolute atomic E-state index is 11.6. The highest BCUT2D eigenvalue weighted by Gasteiger charge is 2.27. The molecule has 0 fully saturated rings. The molecule has 0 aliphatic heterocycles. The van der Waals surface area contributed by atoms with E-state index in [1.54, 1.807) is 26.4 Å². The second kappa shape index (κ2) is 14.7. The number of hydrogen-bond acceptors (Lipinski definition) is 6. The molecule has 0 aromatic heterocycles. The number of nitrogens with zero attached hydrogens (tertiary/aromatic N) is 1. The molecule has 0 unspecified atom stereocenters. The van der Waals surface area contributed by atoms with Crippen LogP contribution < -0.4 is 14.8 Å². The molecule has 2 aromatic rings. The van der Waals surface area contributed by atoms with E-state index < -0.39 is 9.84 Å². The minimum Gasteiger partial charge on any atom is -0.493 e. The van der Waals surface area contributed by atoms with Crippen molar-refractivity contribution in [2.75, 3.05) is 46.7 Å². The van der Waals surface area contributed by atoms with Gasteiger partial charge in [0.15, 0.2) is 21.3 Å². The summed E-state index contributed by atoms with van der Waals surface area (Å²) in [5.41, 5.74) is 3.90. The lowest BCUT2D eigenvalue weighted by Gasteiger charge is -2.36. The standard InChI is InChI=1S/C30H46N2O4S/c1-5-21-32(26-13-16-28-25(23-26)12-17-29(35-2)30(28)36-3)22-9-7-6-8-19-31-20-18-24-10-14-27(15-11-24)37(4,33)34/h10-12,14-15,17,26,31H,5-9,13,16,18-23H2,1-4H3/t26-/m0/s1. The van der Waals surface area contributed by atoms with Crippen molar-refractivity contribution >= 4 is 9.84 Å². The molecule has 1 N–H and O–H groups in total. The monoisotopic (exact) mass is 530 g/mol. The molecule has 0 saturated carbocycles. The van der Waals surface area contributed by atoms with E-state index in [-0.39, 0.29) is 0 Å². The predicted octanol–water partition coefficient (Wildman–Crippen LogP) is 5.07. The highest BCUT2D eigenvalue weighted by molar-refractivity contribution is 7.90. The van der Waals surface area contributed by atoms with Crippen molar-refractivity contribution in [2.24, 2.45) is 0 Å². The van der Waals surface area contributed by atoms with Gasteiger partial charge in [0.1, 0.15) is 0 Å². The number of ether oxygens (including phenoxy) is 2. The van der Waals surface area contributed by atoms with E-state index in [0.29, 0.717) is 10.9 Å². The first-order chi connectivity index (χ1) is 17.9. The van der Waals surface area contributed by atoms with E-state index in [4.69, 9.17) is 9.47 Å². The number of nitrogens with one attached hydrogen (secondary N) is 1. The Kier molecular flexibility index (Phi) is 11.7. The SMILES string of the molecule is CCCN(CCCCCCNCCc1ccc(S(C)(=O)=O)cc1)[C@H]1CCc2c(ccc(OC)c2OC)C1. The summed E-state index contributed by atoms with van der Waals surface area (Å²) in [5, 5.41) is 3.53. The van der Waals surface area contributed by atoms with Crippen molar-refractivity contribution in [1.29, 1.82) is 0 Å². The zero-order valence-electron chi connectivity index (χ0n) is 23.2. The van der Waals surface area contributed by atoms with Gasteiger partial charge in [-0.2, -0.15) is 0 Å². The summed E-state index contributed by atoms with van der Waals surface area (Å²) in [6, 6.07) is 12.1. The Morgan fingerprint density at radius 3 is 2.38 bits per heavy atom. The number of benzene rings is 2. The fraction of sp³-hybridized carbons (Fsp3) is 0.600. The molecule has 0 radical (unpaired) electrons. The Labute approximate surface area is 224 Å². The third kappa shape index (κ3) is 8.72. The summed E-state index contributed by atoms with van der Waals surface area (Å²) < 4.78 is 34.3. The normalized spacial score (nSPS) is 15.5. The van der Waals surface area contributed by atoms with Gasteiger partial charge in [-0.15, -0.1) is 0 Å². The quantitative estimate of drug-likeness (QED) is 0.306. The molecular formula is C30H46N2O4S. The maximum Gasteiger partial charge on any atom is 0.175 e. The number of sulfone groups is 1. The van der Waals surface area contributed by atoms with Crippen LogP contribution in [0.25, 0.3) is 0 Å². The summed E-state index contributed by atoms with van der Waals surface area (Å²) in [7, 11) is 0.328. The Morgan fingerprint density at radius 2 is 1.70 bits per heavy atom. The molecule has 6 nitrogen and oxygen atoms in total. The van der Waals surface area contributed by atoms with Crippen LogP contribution in [0.5, 0.6) is 11.5 Å². The first kappa shape index (κ1) is 29.5. The van der Waals surface area contributed by atoms with Crippen LogP contribution in [0.2, 0.25) is 0 Å². The van der Waals surface area contributed by atoms with Crippen LogP contribution in [0, 0.1) is 0 Å². The predicted molar refractivity (Wildman–Crippen MR) is 152 cm³/mol. The number of hydrogen-bond donors (Lipinski definition) is 1. The van der Waals surface area contributed by atoms with E-state index in [9.17, 15) is 8.42 Å². The van der Waals surface area contributed by atoms with Gasteiger partial charge in [0.05, 0.1) is 19.1 Å². The fourth-order valence-electron chi connectivity index (χ4n) is 5.42. The Bertz CT molecular complexity index is 1070. The summed E-state index contributed by atoms with van der Waals surface area (Å²) in [4.78, 5) is 3.10. The zero-order chi connectivity index (χ0) is 26.7. The largest absolute Gasteiger partial charge is 0.493 e. The molecule has 0 heterocycles. The Balaban J connectivity index is 1.33. The number of rotatable bonds is 16. The number of methoxy groups -OCH3 is 2. The zero-order valence-corrected chi connectivity index (χ0v) is 24.0. The van der Waals surface area contributed by atoms with Crippen molar-refractivity contribution in [3.63, 3.8) is 0 Å². The third-order valence-electron chi connectivity index (χ3n) is 7.45. The van der Waals surface area contributed by atoms with Crippen molar-refractivity contribution in [3.8, 4) is 11.5 Å². The van der Waals surface area contributed by atoms with Crippen LogP contribution in [-0.4, -0.2) is 66.0 Å². The van der Waals surface area contributed by atoms with Crippen LogP contribution in [0.15, 0.2) is 41.3 Å². The minimum absolute atomic E-state index is 0.385. The fourth-order valence-corrected chi connectivity index (χ4v) is 6.05. The lowest BCUT2D eigenvalue weighted by Crippen LogP contribution is -2.40. The smallest absolute Gasteiger partial charge is 0.175 e. The van der Waals surface area contributed by atoms with Crippen LogP contribution in [0.4, 0.5) is 0 Å². The van der Waals surface area contributed by atoms with Gasteiger partial charge in [0.2, 0.25) is 0 Å². The molecule has 1 atom stereocenters. The van der Waals surface area contributed by atoms with E-state index in [1.807, 2.05) is 18.2 Å². The molecule has 0 saturated heterocycles. The van der Waals surface area contributed by atoms with E-state index in [2.05, 4.69) is 23.2 Å². The second-order valence-electron chi connectivity index (χ2n) is 10.2. The lowest BCUT2D eigenvalue weighted by atomic mass is 9.86. The van der Waals surface area contributed by atoms with Crippen LogP contribution in [0.3, 0.4) is 0 Å². The minimum atomic E-state index is -3.12. The summed E-state index contributed by atoms with van der Waals surface area (Å²) in [6.45, 7) is 6.58. The first-order valence-electron chi connectivity index (χ1n) is 13.8. The molecule has 1 aliphatic carbocycles. The van der Waals surface area contributed by atoms with Crippen molar-refractivity contribution in [2.45, 2.75) is 75.6 Å². The van der Waals surface area contributed by atoms with Gasteiger partial charge in [-0.1, -0.05) is 38.0 Å². The average Bonchev–Trinajstić information content (AvgIpc) is 2.90. The van der Waals surface area contributed by atoms with Crippen LogP contribution in [0.1, 0.15) is 62.1 Å². The maximum atomic E-state index is 11.6. The molecule has 0 amide bonds. The molecule has 7 heteroatoms. The molecule has 1 aliphatic rings. The summed E-state index contributed by atoms with van der Waals surface area (Å²) in [5.74, 6) is 1.75. The number of fused-ring (bicyclic) bond motifs is 1. The van der Waals surface area contributed by atoms with Gasteiger partial charge in [-0.3, -0.25) is 0 Å². The lowest BCUT2D eigenvalue weighted by molar-refractivity contribution is 0.175. The average molecular weight is 531 g/mol. The first-order valence-corrected chi connectivity index (χ1v) is 15.7. The number of unbranched alkanes of at least 4 members (excludes halogenated alkanes) is 3. The van der Waals surface area contributed by atoms with Crippen LogP contribution >= 0.6 is 0 Å². The van der Waals surface area contributed by atoms with Crippen molar-refractivity contribution in [1.82, 2.24) is 10.2 Å². The second-order valence-corrected chi connectivity index (χ2v) is 12.2. The highest BCUT2D eigenvalue weighted by Crippen LogP contribution is 2.38. The van der Waals surface area contributed by atoms with Gasteiger partial charge in [-0.05, 0) is 100 Å². The van der Waals surface area contributed by atoms with Gasteiger partial charge in [-0.25, -0.2) is 8.42 Å². The van der Waals surface area contributed by atoms with Gasteiger partial charge in [0, 0.05) is 17.9 Å².